The minimum atomic E-state index is 0.170. The van der Waals surface area contributed by atoms with Crippen LogP contribution in [0.4, 0.5) is 0 Å². The van der Waals surface area contributed by atoms with Crippen LogP contribution in [-0.4, -0.2) is 13.1 Å². The quantitative estimate of drug-likeness (QED) is 0.708. The molecule has 0 unspecified atom stereocenters. The largest absolute Gasteiger partial charge is 0.315 e. The second kappa shape index (κ2) is 3.26. The van der Waals surface area contributed by atoms with Gasteiger partial charge >= 0.3 is 0 Å². The number of rotatable bonds is 1. The summed E-state index contributed by atoms with van der Waals surface area (Å²) < 4.78 is 0. The predicted molar refractivity (Wildman–Crippen MR) is 49.0 cm³/mol. The lowest BCUT2D eigenvalue weighted by atomic mass is 9.96. The molecule has 1 aromatic heterocycles. The Morgan fingerprint density at radius 2 is 2.50 bits per heavy atom. The molecule has 62 valence electrons. The molecule has 3 heteroatoms. The first kappa shape index (κ1) is 7.78. The van der Waals surface area contributed by atoms with Gasteiger partial charge in [0.15, 0.2) is 0 Å². The van der Waals surface area contributed by atoms with Gasteiger partial charge < -0.3 is 5.32 Å². The van der Waals surface area contributed by atoms with Crippen LogP contribution in [0.1, 0.15) is 10.8 Å². The molecule has 1 N–H and O–H groups in total. The summed E-state index contributed by atoms with van der Waals surface area (Å²) in [7, 11) is 0. The van der Waals surface area contributed by atoms with Crippen molar-refractivity contribution >= 4 is 11.3 Å². The highest BCUT2D eigenvalue weighted by molar-refractivity contribution is 7.10. The summed E-state index contributed by atoms with van der Waals surface area (Å²) in [5.41, 5.74) is 0. The van der Waals surface area contributed by atoms with Crippen molar-refractivity contribution in [3.63, 3.8) is 0 Å². The summed E-state index contributed by atoms with van der Waals surface area (Å²) in [6.45, 7) is 1.80. The number of nitriles is 1. The highest BCUT2D eigenvalue weighted by atomic mass is 32.1. The molecule has 0 aromatic carbocycles. The van der Waals surface area contributed by atoms with Gasteiger partial charge in [0.1, 0.15) is 0 Å². The van der Waals surface area contributed by atoms with Crippen molar-refractivity contribution in [1.82, 2.24) is 5.32 Å². The highest BCUT2D eigenvalue weighted by Gasteiger charge is 2.28. The van der Waals surface area contributed by atoms with Crippen molar-refractivity contribution in [2.75, 3.05) is 13.1 Å². The topological polar surface area (TPSA) is 35.8 Å². The highest BCUT2D eigenvalue weighted by Crippen LogP contribution is 2.30. The van der Waals surface area contributed by atoms with Crippen LogP contribution >= 0.6 is 11.3 Å². The molecular weight excluding hydrogens is 168 g/mol. The van der Waals surface area contributed by atoms with Crippen LogP contribution in [-0.2, 0) is 0 Å². The Morgan fingerprint density at radius 3 is 3.17 bits per heavy atom. The first-order chi connectivity index (χ1) is 5.92. The third-order valence-electron chi connectivity index (χ3n) is 2.29. The Morgan fingerprint density at radius 1 is 1.58 bits per heavy atom. The number of hydrogen-bond donors (Lipinski definition) is 1. The van der Waals surface area contributed by atoms with E-state index in [4.69, 9.17) is 5.26 Å². The smallest absolute Gasteiger partial charge is 0.0676 e. The van der Waals surface area contributed by atoms with Crippen LogP contribution in [0.5, 0.6) is 0 Å². The molecule has 0 radical (unpaired) electrons. The summed E-state index contributed by atoms with van der Waals surface area (Å²) in [5, 5.41) is 14.2. The average molecular weight is 178 g/mol. The Kier molecular flexibility index (Phi) is 2.11. The Bertz CT molecular complexity index is 286. The Balaban J connectivity index is 2.20. The molecule has 1 aromatic rings. The molecule has 1 fully saturated rings. The molecule has 2 atom stereocenters. The van der Waals surface area contributed by atoms with E-state index in [0.717, 1.165) is 13.1 Å². The fourth-order valence-corrected chi connectivity index (χ4v) is 2.51. The van der Waals surface area contributed by atoms with Gasteiger partial charge in [0.25, 0.3) is 0 Å². The van der Waals surface area contributed by atoms with E-state index < -0.39 is 0 Å². The molecule has 0 bridgehead atoms. The van der Waals surface area contributed by atoms with Crippen LogP contribution in [0.25, 0.3) is 0 Å². The van der Waals surface area contributed by atoms with E-state index in [9.17, 15) is 0 Å². The fourth-order valence-electron chi connectivity index (χ4n) is 1.62. The third-order valence-corrected chi connectivity index (χ3v) is 3.29. The monoisotopic (exact) mass is 178 g/mol. The molecule has 1 saturated heterocycles. The molecule has 1 aliphatic rings. The molecule has 0 saturated carbocycles. The lowest BCUT2D eigenvalue weighted by Gasteiger charge is -2.08. The van der Waals surface area contributed by atoms with Crippen molar-refractivity contribution in [3.05, 3.63) is 22.4 Å². The van der Waals surface area contributed by atoms with Gasteiger partial charge in [-0.1, -0.05) is 6.07 Å². The number of thiophene rings is 1. The zero-order valence-corrected chi connectivity index (χ0v) is 7.47. The summed E-state index contributed by atoms with van der Waals surface area (Å²) in [4.78, 5) is 1.34. The van der Waals surface area contributed by atoms with Gasteiger partial charge in [-0.05, 0) is 11.4 Å². The molecule has 0 amide bonds. The van der Waals surface area contributed by atoms with E-state index in [-0.39, 0.29) is 5.92 Å². The molecule has 12 heavy (non-hydrogen) atoms. The minimum Gasteiger partial charge on any atom is -0.315 e. The molecular formula is C9H10N2S. The predicted octanol–water partition coefficient (Wildman–Crippen LogP) is 1.57. The van der Waals surface area contributed by atoms with E-state index in [1.54, 1.807) is 11.3 Å². The molecule has 2 heterocycles. The summed E-state index contributed by atoms with van der Waals surface area (Å²) in [5.74, 6) is 0.596. The second-order valence-electron chi connectivity index (χ2n) is 3.02. The average Bonchev–Trinajstić information content (AvgIpc) is 2.74. The maximum atomic E-state index is 8.85. The standard InChI is InChI=1S/C9H10N2S/c10-4-7-5-11-6-8(7)9-2-1-3-12-9/h1-3,7-8,11H,5-6H2/t7-,8+/m0/s1. The van der Waals surface area contributed by atoms with Crippen molar-refractivity contribution in [2.45, 2.75) is 5.92 Å². The Hall–Kier alpha value is -0.850. The first-order valence-electron chi connectivity index (χ1n) is 4.05. The normalized spacial score (nSPS) is 28.6. The van der Waals surface area contributed by atoms with Gasteiger partial charge in [-0.25, -0.2) is 0 Å². The Labute approximate surface area is 75.8 Å². The van der Waals surface area contributed by atoms with Gasteiger partial charge in [-0.2, -0.15) is 5.26 Å². The molecule has 1 aliphatic heterocycles. The summed E-state index contributed by atoms with van der Waals surface area (Å²) >= 11 is 1.75. The zero-order valence-electron chi connectivity index (χ0n) is 6.66. The molecule has 0 aliphatic carbocycles. The van der Waals surface area contributed by atoms with Gasteiger partial charge in [0.05, 0.1) is 12.0 Å². The van der Waals surface area contributed by atoms with Crippen molar-refractivity contribution < 1.29 is 0 Å². The van der Waals surface area contributed by atoms with E-state index in [2.05, 4.69) is 22.8 Å². The fraction of sp³-hybridized carbons (Fsp3) is 0.444. The number of hydrogen-bond acceptors (Lipinski definition) is 3. The van der Waals surface area contributed by atoms with Crippen molar-refractivity contribution in [3.8, 4) is 6.07 Å². The zero-order chi connectivity index (χ0) is 8.39. The van der Waals surface area contributed by atoms with Crippen molar-refractivity contribution in [2.24, 2.45) is 5.92 Å². The molecule has 2 nitrogen and oxygen atoms in total. The number of nitrogens with zero attached hydrogens (tertiary/aromatic N) is 1. The third kappa shape index (κ3) is 1.24. The van der Waals surface area contributed by atoms with Gasteiger partial charge in [-0.3, -0.25) is 0 Å². The van der Waals surface area contributed by atoms with Gasteiger partial charge in [0.2, 0.25) is 0 Å². The minimum absolute atomic E-state index is 0.170. The van der Waals surface area contributed by atoms with Gasteiger partial charge in [0, 0.05) is 23.9 Å². The number of nitrogens with one attached hydrogen (secondary N) is 1. The van der Waals surface area contributed by atoms with Crippen LogP contribution in [0.3, 0.4) is 0 Å². The van der Waals surface area contributed by atoms with Crippen LogP contribution in [0.15, 0.2) is 17.5 Å². The second-order valence-corrected chi connectivity index (χ2v) is 4.00. The van der Waals surface area contributed by atoms with E-state index in [0.29, 0.717) is 5.92 Å². The SMILES string of the molecule is N#C[C@H]1CNC[C@H]1c1cccs1. The lowest BCUT2D eigenvalue weighted by Crippen LogP contribution is -2.07. The molecule has 0 spiro atoms. The summed E-state index contributed by atoms with van der Waals surface area (Å²) in [6.07, 6.45) is 0. The van der Waals surface area contributed by atoms with Crippen LogP contribution in [0, 0.1) is 17.2 Å². The van der Waals surface area contributed by atoms with Gasteiger partial charge in [-0.15, -0.1) is 11.3 Å². The van der Waals surface area contributed by atoms with E-state index in [1.165, 1.54) is 4.88 Å². The maximum absolute atomic E-state index is 8.85. The summed E-state index contributed by atoms with van der Waals surface area (Å²) in [6, 6.07) is 6.51. The van der Waals surface area contributed by atoms with E-state index >= 15 is 0 Å². The first-order valence-corrected chi connectivity index (χ1v) is 4.93. The van der Waals surface area contributed by atoms with Crippen LogP contribution in [0.2, 0.25) is 0 Å². The van der Waals surface area contributed by atoms with Crippen molar-refractivity contribution in [1.29, 1.82) is 5.26 Å². The van der Waals surface area contributed by atoms with E-state index in [1.807, 2.05) is 6.07 Å². The van der Waals surface area contributed by atoms with Crippen LogP contribution < -0.4 is 5.32 Å². The maximum Gasteiger partial charge on any atom is 0.0676 e. The lowest BCUT2D eigenvalue weighted by molar-refractivity contribution is 0.657. The molecule has 2 rings (SSSR count).